The van der Waals surface area contributed by atoms with Gasteiger partial charge in [-0.25, -0.2) is 0 Å². The highest BCUT2D eigenvalue weighted by molar-refractivity contribution is 9.09. The fourth-order valence-corrected chi connectivity index (χ4v) is 4.26. The van der Waals surface area contributed by atoms with Crippen LogP contribution in [0.25, 0.3) is 0 Å². The van der Waals surface area contributed by atoms with Gasteiger partial charge in [0.25, 0.3) is 0 Å². The fourth-order valence-electron chi connectivity index (χ4n) is 2.77. The minimum absolute atomic E-state index is 0.614. The zero-order valence-corrected chi connectivity index (χ0v) is 13.2. The lowest BCUT2D eigenvalue weighted by Crippen LogP contribution is -2.37. The number of alkyl halides is 1. The molecule has 1 aromatic rings. The van der Waals surface area contributed by atoms with Gasteiger partial charge in [0.05, 0.1) is 0 Å². The van der Waals surface area contributed by atoms with E-state index in [4.69, 9.17) is 0 Å². The van der Waals surface area contributed by atoms with Gasteiger partial charge in [-0.15, -0.1) is 11.3 Å². The second-order valence-corrected chi connectivity index (χ2v) is 6.68. The summed E-state index contributed by atoms with van der Waals surface area (Å²) >= 11 is 5.59. The Labute approximate surface area is 117 Å². The van der Waals surface area contributed by atoms with Gasteiger partial charge < -0.3 is 0 Å². The average Bonchev–Trinajstić information content (AvgIpc) is 2.80. The molecule has 17 heavy (non-hydrogen) atoms. The van der Waals surface area contributed by atoms with Crippen molar-refractivity contribution in [2.45, 2.75) is 39.2 Å². The van der Waals surface area contributed by atoms with Gasteiger partial charge in [0, 0.05) is 29.3 Å². The van der Waals surface area contributed by atoms with E-state index in [1.807, 2.05) is 11.3 Å². The maximum atomic E-state index is 3.66. The maximum Gasteiger partial charge on any atom is 0.0331 e. The summed E-state index contributed by atoms with van der Waals surface area (Å²) < 4.78 is 0. The minimum atomic E-state index is 0.614. The van der Waals surface area contributed by atoms with Crippen molar-refractivity contribution in [2.75, 3.05) is 18.4 Å². The zero-order valence-electron chi connectivity index (χ0n) is 10.8. The summed E-state index contributed by atoms with van der Waals surface area (Å²) in [6.45, 7) is 7.13. The lowest BCUT2D eigenvalue weighted by molar-refractivity contribution is 0.171. The monoisotopic (exact) mass is 315 g/mol. The molecule has 2 atom stereocenters. The summed E-state index contributed by atoms with van der Waals surface area (Å²) in [6, 6.07) is 2.93. The van der Waals surface area contributed by atoms with E-state index in [-0.39, 0.29) is 0 Å². The van der Waals surface area contributed by atoms with E-state index in [0.717, 1.165) is 11.2 Å². The van der Waals surface area contributed by atoms with E-state index in [0.29, 0.717) is 6.04 Å². The Hall–Kier alpha value is 0.140. The molecule has 0 fully saturated rings. The van der Waals surface area contributed by atoms with E-state index in [9.17, 15) is 0 Å². The average molecular weight is 316 g/mol. The van der Waals surface area contributed by atoms with Crippen LogP contribution in [0.3, 0.4) is 0 Å². The van der Waals surface area contributed by atoms with Crippen LogP contribution in [-0.2, 0) is 6.42 Å². The van der Waals surface area contributed by atoms with Crippen molar-refractivity contribution in [3.8, 4) is 0 Å². The summed E-state index contributed by atoms with van der Waals surface area (Å²) in [4.78, 5) is 4.27. The molecule has 0 N–H and O–H groups in total. The number of hydrogen-bond acceptors (Lipinski definition) is 2. The molecule has 1 aliphatic rings. The smallest absolute Gasteiger partial charge is 0.0331 e. The molecule has 2 heterocycles. The van der Waals surface area contributed by atoms with Gasteiger partial charge in [-0.3, -0.25) is 4.90 Å². The van der Waals surface area contributed by atoms with E-state index in [1.54, 1.807) is 10.4 Å². The quantitative estimate of drug-likeness (QED) is 0.724. The second kappa shape index (κ2) is 6.35. The van der Waals surface area contributed by atoms with Crippen molar-refractivity contribution in [3.63, 3.8) is 0 Å². The lowest BCUT2D eigenvalue weighted by Gasteiger charge is -2.35. The van der Waals surface area contributed by atoms with Gasteiger partial charge >= 0.3 is 0 Å². The zero-order chi connectivity index (χ0) is 12.3. The van der Waals surface area contributed by atoms with Crippen LogP contribution >= 0.6 is 27.3 Å². The second-order valence-electron chi connectivity index (χ2n) is 5.03. The van der Waals surface area contributed by atoms with Crippen molar-refractivity contribution in [3.05, 3.63) is 21.9 Å². The Balaban J connectivity index is 1.99. The van der Waals surface area contributed by atoms with Gasteiger partial charge in [0.15, 0.2) is 0 Å². The number of nitrogens with zero attached hydrogens (tertiary/aromatic N) is 1. The van der Waals surface area contributed by atoms with Gasteiger partial charge in [0.1, 0.15) is 0 Å². The number of hydrogen-bond donors (Lipinski definition) is 0. The Morgan fingerprint density at radius 2 is 2.41 bits per heavy atom. The summed E-state index contributed by atoms with van der Waals surface area (Å²) in [5, 5.41) is 3.39. The summed E-state index contributed by atoms with van der Waals surface area (Å²) in [6.07, 6.45) is 3.88. The van der Waals surface area contributed by atoms with E-state index < -0.39 is 0 Å². The Morgan fingerprint density at radius 1 is 1.59 bits per heavy atom. The SMILES string of the molecule is CCCC(CBr)CN1CCc2sccc2C1C. The first-order chi connectivity index (χ1) is 8.26. The fraction of sp³-hybridized carbons (Fsp3) is 0.714. The number of halogens is 1. The summed E-state index contributed by atoms with van der Waals surface area (Å²) in [7, 11) is 0. The molecule has 0 aromatic carbocycles. The summed E-state index contributed by atoms with van der Waals surface area (Å²) in [5.41, 5.74) is 1.58. The van der Waals surface area contributed by atoms with Gasteiger partial charge in [-0.1, -0.05) is 29.3 Å². The molecule has 2 unspecified atom stereocenters. The van der Waals surface area contributed by atoms with E-state index in [2.05, 4.69) is 46.1 Å². The van der Waals surface area contributed by atoms with Crippen molar-refractivity contribution in [1.29, 1.82) is 0 Å². The molecule has 0 amide bonds. The van der Waals surface area contributed by atoms with Crippen molar-refractivity contribution >= 4 is 27.3 Å². The molecule has 0 spiro atoms. The van der Waals surface area contributed by atoms with E-state index >= 15 is 0 Å². The Bertz CT molecular complexity index is 350. The molecule has 0 saturated carbocycles. The van der Waals surface area contributed by atoms with Crippen LogP contribution in [0.5, 0.6) is 0 Å². The first-order valence-electron chi connectivity index (χ1n) is 6.62. The summed E-state index contributed by atoms with van der Waals surface area (Å²) in [5.74, 6) is 0.808. The molecular weight excluding hydrogens is 294 g/mol. The molecule has 0 radical (unpaired) electrons. The van der Waals surface area contributed by atoms with Crippen LogP contribution in [0.1, 0.15) is 43.2 Å². The third-order valence-corrected chi connectivity index (χ3v) is 5.72. The minimum Gasteiger partial charge on any atom is -0.296 e. The van der Waals surface area contributed by atoms with Crippen LogP contribution in [-0.4, -0.2) is 23.3 Å². The van der Waals surface area contributed by atoms with Crippen LogP contribution in [0.2, 0.25) is 0 Å². The maximum absolute atomic E-state index is 3.66. The molecule has 0 saturated heterocycles. The predicted octanol–water partition coefficient (Wildman–Crippen LogP) is 4.48. The van der Waals surface area contributed by atoms with Gasteiger partial charge in [-0.2, -0.15) is 0 Å². The first-order valence-corrected chi connectivity index (χ1v) is 8.62. The molecule has 0 aliphatic carbocycles. The van der Waals surface area contributed by atoms with Crippen molar-refractivity contribution < 1.29 is 0 Å². The standard InChI is InChI=1S/C14H22BrNS/c1-3-4-12(9-15)10-16-7-5-14-13(11(16)2)6-8-17-14/h6,8,11-12H,3-5,7,9-10H2,1-2H3. The van der Waals surface area contributed by atoms with Crippen LogP contribution in [0, 0.1) is 5.92 Å². The van der Waals surface area contributed by atoms with Gasteiger partial charge in [0.2, 0.25) is 0 Å². The van der Waals surface area contributed by atoms with E-state index in [1.165, 1.54) is 32.4 Å². The number of fused-ring (bicyclic) bond motifs is 1. The third kappa shape index (κ3) is 3.12. The molecule has 0 bridgehead atoms. The lowest BCUT2D eigenvalue weighted by atomic mass is 9.98. The predicted molar refractivity (Wildman–Crippen MR) is 80.2 cm³/mol. The highest BCUT2D eigenvalue weighted by atomic mass is 79.9. The Kier molecular flexibility index (Phi) is 5.07. The van der Waals surface area contributed by atoms with Crippen LogP contribution in [0.15, 0.2) is 11.4 Å². The topological polar surface area (TPSA) is 3.24 Å². The van der Waals surface area contributed by atoms with Crippen LogP contribution < -0.4 is 0 Å². The van der Waals surface area contributed by atoms with Gasteiger partial charge in [-0.05, 0) is 42.7 Å². The molecule has 1 nitrogen and oxygen atoms in total. The third-order valence-electron chi connectivity index (χ3n) is 3.81. The molecule has 1 aromatic heterocycles. The van der Waals surface area contributed by atoms with Crippen molar-refractivity contribution in [1.82, 2.24) is 4.90 Å². The van der Waals surface area contributed by atoms with Crippen LogP contribution in [0.4, 0.5) is 0 Å². The largest absolute Gasteiger partial charge is 0.296 e. The molecular formula is C14H22BrNS. The molecule has 1 aliphatic heterocycles. The number of rotatable bonds is 5. The molecule has 2 rings (SSSR count). The normalized spacial score (nSPS) is 22.4. The van der Waals surface area contributed by atoms with Crippen molar-refractivity contribution in [2.24, 2.45) is 5.92 Å². The highest BCUT2D eigenvalue weighted by Crippen LogP contribution is 2.33. The number of thiophene rings is 1. The molecule has 3 heteroatoms. The highest BCUT2D eigenvalue weighted by Gasteiger charge is 2.25. The Morgan fingerprint density at radius 3 is 3.12 bits per heavy atom. The molecule has 96 valence electrons. The first kappa shape index (κ1) is 13.6.